The molecule has 0 saturated heterocycles. The van der Waals surface area contributed by atoms with Crippen LogP contribution in [-0.2, 0) is 4.79 Å². The van der Waals surface area contributed by atoms with Gasteiger partial charge in [-0.1, -0.05) is 35.5 Å². The SMILES string of the molecule is CN(CC(F)(F)F)C(=O)C(C(N)=NO)c1ccccc1. The first kappa shape index (κ1) is 15.8. The number of carbonyl (C=O) groups is 1. The molecule has 20 heavy (non-hydrogen) atoms. The van der Waals surface area contributed by atoms with E-state index in [9.17, 15) is 18.0 Å². The largest absolute Gasteiger partial charge is 0.409 e. The fraction of sp³-hybridized carbons (Fsp3) is 0.333. The molecule has 0 radical (unpaired) electrons. The van der Waals surface area contributed by atoms with Gasteiger partial charge in [0, 0.05) is 7.05 Å². The molecule has 0 spiro atoms. The highest BCUT2D eigenvalue weighted by molar-refractivity contribution is 6.07. The van der Waals surface area contributed by atoms with Gasteiger partial charge in [-0.25, -0.2) is 0 Å². The van der Waals surface area contributed by atoms with Crippen LogP contribution in [0.1, 0.15) is 11.5 Å². The maximum Gasteiger partial charge on any atom is 0.406 e. The highest BCUT2D eigenvalue weighted by atomic mass is 19.4. The Kier molecular flexibility index (Phi) is 4.95. The van der Waals surface area contributed by atoms with Crippen molar-refractivity contribution in [3.05, 3.63) is 35.9 Å². The lowest BCUT2D eigenvalue weighted by atomic mass is 9.96. The molecule has 0 aliphatic heterocycles. The summed E-state index contributed by atoms with van der Waals surface area (Å²) in [5, 5.41) is 11.4. The van der Waals surface area contributed by atoms with E-state index >= 15 is 0 Å². The van der Waals surface area contributed by atoms with Gasteiger partial charge in [-0.15, -0.1) is 0 Å². The van der Waals surface area contributed by atoms with E-state index < -0.39 is 30.4 Å². The number of nitrogens with two attached hydrogens (primary N) is 1. The van der Waals surface area contributed by atoms with Crippen molar-refractivity contribution in [1.82, 2.24) is 4.90 Å². The topological polar surface area (TPSA) is 78.9 Å². The Morgan fingerprint density at radius 3 is 2.40 bits per heavy atom. The predicted octanol–water partition coefficient (Wildman–Crippen LogP) is 1.54. The Labute approximate surface area is 113 Å². The van der Waals surface area contributed by atoms with Crippen LogP contribution in [0.3, 0.4) is 0 Å². The highest BCUT2D eigenvalue weighted by Gasteiger charge is 2.35. The maximum absolute atomic E-state index is 12.3. The van der Waals surface area contributed by atoms with Crippen LogP contribution in [0.2, 0.25) is 0 Å². The number of rotatable bonds is 4. The van der Waals surface area contributed by atoms with Gasteiger partial charge < -0.3 is 15.8 Å². The third-order valence-corrected chi connectivity index (χ3v) is 2.58. The number of alkyl halides is 3. The van der Waals surface area contributed by atoms with E-state index in [1.54, 1.807) is 18.2 Å². The van der Waals surface area contributed by atoms with E-state index in [1.165, 1.54) is 12.1 Å². The number of carbonyl (C=O) groups excluding carboxylic acids is 1. The third kappa shape index (κ3) is 4.15. The summed E-state index contributed by atoms with van der Waals surface area (Å²) < 4.78 is 36.9. The molecule has 1 aromatic carbocycles. The second-order valence-corrected chi connectivity index (χ2v) is 4.18. The van der Waals surface area contributed by atoms with Crippen molar-refractivity contribution in [2.75, 3.05) is 13.6 Å². The van der Waals surface area contributed by atoms with Gasteiger partial charge in [-0.05, 0) is 5.56 Å². The summed E-state index contributed by atoms with van der Waals surface area (Å²) in [7, 11) is 1.01. The lowest BCUT2D eigenvalue weighted by molar-refractivity contribution is -0.158. The van der Waals surface area contributed by atoms with E-state index in [0.29, 0.717) is 10.5 Å². The first-order valence-electron chi connectivity index (χ1n) is 5.60. The van der Waals surface area contributed by atoms with Gasteiger partial charge in [-0.3, -0.25) is 4.79 Å². The number of nitrogens with zero attached hydrogens (tertiary/aromatic N) is 2. The molecule has 3 N–H and O–H groups in total. The van der Waals surface area contributed by atoms with Crippen LogP contribution in [-0.4, -0.2) is 41.6 Å². The molecule has 1 rings (SSSR count). The monoisotopic (exact) mass is 289 g/mol. The predicted molar refractivity (Wildman–Crippen MR) is 66.3 cm³/mol. The average Bonchev–Trinajstić information content (AvgIpc) is 2.37. The molecule has 0 fully saturated rings. The van der Waals surface area contributed by atoms with Crippen LogP contribution < -0.4 is 5.73 Å². The van der Waals surface area contributed by atoms with Gasteiger partial charge in [0.1, 0.15) is 12.5 Å². The zero-order valence-electron chi connectivity index (χ0n) is 10.6. The standard InChI is InChI=1S/C12H14F3N3O2/c1-18(7-12(13,14)15)11(19)9(10(16)17-20)8-5-3-2-4-6-8/h2-6,9,20H,7H2,1H3,(H2,16,17). The Morgan fingerprint density at radius 2 is 1.95 bits per heavy atom. The summed E-state index contributed by atoms with van der Waals surface area (Å²) in [6, 6.07) is 7.91. The summed E-state index contributed by atoms with van der Waals surface area (Å²) in [5.41, 5.74) is 5.77. The minimum absolute atomic E-state index is 0.349. The minimum atomic E-state index is -4.52. The Hall–Kier alpha value is -2.25. The number of amides is 1. The van der Waals surface area contributed by atoms with Crippen LogP contribution in [0.4, 0.5) is 13.2 Å². The van der Waals surface area contributed by atoms with Crippen LogP contribution in [0.25, 0.3) is 0 Å². The summed E-state index contributed by atoms with van der Waals surface area (Å²) in [6.07, 6.45) is -4.52. The number of likely N-dealkylation sites (N-methyl/N-ethyl adjacent to an activating group) is 1. The molecule has 0 aliphatic rings. The molecule has 1 atom stereocenters. The van der Waals surface area contributed by atoms with Crippen LogP contribution in [0.15, 0.2) is 35.5 Å². The Balaban J connectivity index is 3.04. The second kappa shape index (κ2) is 6.27. The summed E-state index contributed by atoms with van der Waals surface area (Å²) in [6.45, 7) is -1.41. The molecule has 0 bridgehead atoms. The molecule has 0 aromatic heterocycles. The van der Waals surface area contributed by atoms with Crippen molar-refractivity contribution in [3.8, 4) is 0 Å². The number of halogens is 3. The van der Waals surface area contributed by atoms with Crippen molar-refractivity contribution in [2.24, 2.45) is 10.9 Å². The quantitative estimate of drug-likeness (QED) is 0.382. The first-order chi connectivity index (χ1) is 9.26. The molecule has 110 valence electrons. The zero-order valence-corrected chi connectivity index (χ0v) is 10.6. The number of hydrogen-bond donors (Lipinski definition) is 2. The molecule has 1 aromatic rings. The van der Waals surface area contributed by atoms with Crippen LogP contribution in [0, 0.1) is 0 Å². The van der Waals surface area contributed by atoms with E-state index in [-0.39, 0.29) is 0 Å². The van der Waals surface area contributed by atoms with E-state index in [2.05, 4.69) is 5.16 Å². The third-order valence-electron chi connectivity index (χ3n) is 2.58. The van der Waals surface area contributed by atoms with Crippen molar-refractivity contribution >= 4 is 11.7 Å². The smallest absolute Gasteiger partial charge is 0.406 e. The van der Waals surface area contributed by atoms with Gasteiger partial charge in [-0.2, -0.15) is 13.2 Å². The molecule has 5 nitrogen and oxygen atoms in total. The van der Waals surface area contributed by atoms with Crippen LogP contribution >= 0.6 is 0 Å². The normalized spacial score (nSPS) is 13.9. The first-order valence-corrected chi connectivity index (χ1v) is 5.60. The molecular weight excluding hydrogens is 275 g/mol. The summed E-state index contributed by atoms with van der Waals surface area (Å²) >= 11 is 0. The molecular formula is C12H14F3N3O2. The van der Waals surface area contributed by atoms with E-state index in [4.69, 9.17) is 10.9 Å². The number of oxime groups is 1. The zero-order chi connectivity index (χ0) is 15.3. The van der Waals surface area contributed by atoms with E-state index in [0.717, 1.165) is 7.05 Å². The molecule has 0 saturated carbocycles. The fourth-order valence-electron chi connectivity index (χ4n) is 1.71. The Morgan fingerprint density at radius 1 is 1.40 bits per heavy atom. The summed E-state index contributed by atoms with van der Waals surface area (Å²) in [5.74, 6) is -2.62. The Bertz CT molecular complexity index is 488. The molecule has 0 aliphatic carbocycles. The second-order valence-electron chi connectivity index (χ2n) is 4.18. The highest BCUT2D eigenvalue weighted by Crippen LogP contribution is 2.21. The molecule has 8 heteroatoms. The average molecular weight is 289 g/mol. The maximum atomic E-state index is 12.3. The lowest BCUT2D eigenvalue weighted by Gasteiger charge is -2.24. The van der Waals surface area contributed by atoms with Gasteiger partial charge in [0.05, 0.1) is 0 Å². The summed E-state index contributed by atoms with van der Waals surface area (Å²) in [4.78, 5) is 12.6. The van der Waals surface area contributed by atoms with E-state index in [1.807, 2.05) is 0 Å². The molecule has 1 amide bonds. The van der Waals surface area contributed by atoms with Crippen molar-refractivity contribution in [1.29, 1.82) is 0 Å². The fourth-order valence-corrected chi connectivity index (χ4v) is 1.71. The molecule has 0 heterocycles. The van der Waals surface area contributed by atoms with Crippen molar-refractivity contribution < 1.29 is 23.2 Å². The van der Waals surface area contributed by atoms with Gasteiger partial charge >= 0.3 is 6.18 Å². The molecule has 1 unspecified atom stereocenters. The number of benzene rings is 1. The van der Waals surface area contributed by atoms with Gasteiger partial charge in [0.2, 0.25) is 5.91 Å². The van der Waals surface area contributed by atoms with Crippen molar-refractivity contribution in [2.45, 2.75) is 12.1 Å². The number of hydrogen-bond acceptors (Lipinski definition) is 3. The minimum Gasteiger partial charge on any atom is -0.409 e. The lowest BCUT2D eigenvalue weighted by Crippen LogP contribution is -2.42. The van der Waals surface area contributed by atoms with Crippen LogP contribution in [0.5, 0.6) is 0 Å². The van der Waals surface area contributed by atoms with Gasteiger partial charge in [0.15, 0.2) is 5.84 Å². The number of amidine groups is 1. The van der Waals surface area contributed by atoms with Crippen molar-refractivity contribution in [3.63, 3.8) is 0 Å². The van der Waals surface area contributed by atoms with Gasteiger partial charge in [0.25, 0.3) is 0 Å².